The molecule has 0 saturated carbocycles. The van der Waals surface area contributed by atoms with Crippen LogP contribution in [-0.2, 0) is 4.79 Å². The second kappa shape index (κ2) is 9.75. The molecule has 1 aliphatic heterocycles. The number of benzene rings is 1. The first-order valence-corrected chi connectivity index (χ1v) is 11.2. The van der Waals surface area contributed by atoms with E-state index in [1.165, 1.54) is 11.3 Å². The molecule has 1 aromatic carbocycles. The highest BCUT2D eigenvalue weighted by molar-refractivity contribution is 7.12. The molecule has 0 radical (unpaired) electrons. The summed E-state index contributed by atoms with van der Waals surface area (Å²) in [7, 11) is 1.62. The Morgan fingerprint density at radius 3 is 2.55 bits per heavy atom. The largest absolute Gasteiger partial charge is 0.496 e. The molecular formula is C24H25N3O3S. The van der Waals surface area contributed by atoms with Crippen molar-refractivity contribution in [3.8, 4) is 5.75 Å². The van der Waals surface area contributed by atoms with Gasteiger partial charge in [0.15, 0.2) is 0 Å². The molecular weight excluding hydrogens is 410 g/mol. The fraction of sp³-hybridized carbons (Fsp3) is 0.292. The number of piperidine rings is 1. The van der Waals surface area contributed by atoms with Crippen LogP contribution in [0.4, 0.5) is 0 Å². The molecule has 2 amide bonds. The third kappa shape index (κ3) is 4.77. The SMILES string of the molecule is COc1ccccc1C(NC(=O)C1CCN(C(=O)c2cccs2)CC1)c1ccccn1. The molecule has 0 bridgehead atoms. The number of thiophene rings is 1. The van der Waals surface area contributed by atoms with Crippen LogP contribution in [0.1, 0.15) is 39.8 Å². The zero-order valence-corrected chi connectivity index (χ0v) is 18.2. The van der Waals surface area contributed by atoms with E-state index in [0.29, 0.717) is 31.7 Å². The predicted octanol–water partition coefficient (Wildman–Crippen LogP) is 3.91. The van der Waals surface area contributed by atoms with Gasteiger partial charge >= 0.3 is 0 Å². The average molecular weight is 436 g/mol. The van der Waals surface area contributed by atoms with Gasteiger partial charge in [-0.25, -0.2) is 0 Å². The molecule has 0 aliphatic carbocycles. The average Bonchev–Trinajstić information content (AvgIpc) is 3.37. The zero-order valence-electron chi connectivity index (χ0n) is 17.4. The van der Waals surface area contributed by atoms with Crippen LogP contribution in [0.3, 0.4) is 0 Å². The van der Waals surface area contributed by atoms with Crippen LogP contribution in [0.5, 0.6) is 5.75 Å². The monoisotopic (exact) mass is 435 g/mol. The first kappa shape index (κ1) is 21.1. The number of aromatic nitrogens is 1. The molecule has 1 N–H and O–H groups in total. The highest BCUT2D eigenvalue weighted by atomic mass is 32.1. The van der Waals surface area contributed by atoms with Crippen molar-refractivity contribution < 1.29 is 14.3 Å². The van der Waals surface area contributed by atoms with Gasteiger partial charge in [0, 0.05) is 30.8 Å². The summed E-state index contributed by atoms with van der Waals surface area (Å²) >= 11 is 1.45. The molecule has 4 rings (SSSR count). The molecule has 1 aliphatic rings. The first-order chi connectivity index (χ1) is 15.2. The molecule has 1 unspecified atom stereocenters. The van der Waals surface area contributed by atoms with E-state index in [1.54, 1.807) is 13.3 Å². The number of likely N-dealkylation sites (tertiary alicyclic amines) is 1. The zero-order chi connectivity index (χ0) is 21.6. The number of amides is 2. The summed E-state index contributed by atoms with van der Waals surface area (Å²) in [4.78, 5) is 32.8. The van der Waals surface area contributed by atoms with Crippen LogP contribution in [-0.4, -0.2) is 41.9 Å². The Kier molecular flexibility index (Phi) is 6.62. The minimum atomic E-state index is -0.407. The standard InChI is InChI=1S/C24H25N3O3S/c1-30-20-9-3-2-7-18(20)22(19-8-4-5-13-25-19)26-23(28)17-11-14-27(15-12-17)24(29)21-10-6-16-31-21/h2-10,13,16-17,22H,11-12,14-15H2,1H3,(H,26,28). The first-order valence-electron chi connectivity index (χ1n) is 10.3. The van der Waals surface area contributed by atoms with Crippen LogP contribution in [0.2, 0.25) is 0 Å². The fourth-order valence-corrected chi connectivity index (χ4v) is 4.61. The van der Waals surface area contributed by atoms with Crippen LogP contribution in [0.25, 0.3) is 0 Å². The Morgan fingerprint density at radius 2 is 1.87 bits per heavy atom. The number of carbonyl (C=O) groups excluding carboxylic acids is 2. The quantitative estimate of drug-likeness (QED) is 0.637. The Hall–Kier alpha value is -3.19. The lowest BCUT2D eigenvalue weighted by Gasteiger charge is -2.32. The van der Waals surface area contributed by atoms with Crippen LogP contribution in [0, 0.1) is 5.92 Å². The number of carbonyl (C=O) groups is 2. The normalized spacial score (nSPS) is 15.3. The molecule has 1 fully saturated rings. The van der Waals surface area contributed by atoms with Gasteiger partial charge in [0.2, 0.25) is 5.91 Å². The van der Waals surface area contributed by atoms with Crippen molar-refractivity contribution in [2.45, 2.75) is 18.9 Å². The van der Waals surface area contributed by atoms with Crippen LogP contribution in [0.15, 0.2) is 66.2 Å². The second-order valence-electron chi connectivity index (χ2n) is 7.48. The van der Waals surface area contributed by atoms with Gasteiger partial charge in [-0.1, -0.05) is 30.3 Å². The van der Waals surface area contributed by atoms with Gasteiger partial charge in [-0.3, -0.25) is 14.6 Å². The number of rotatable bonds is 6. The van der Waals surface area contributed by atoms with Gasteiger partial charge in [-0.05, 0) is 42.5 Å². The smallest absolute Gasteiger partial charge is 0.263 e. The van der Waals surface area contributed by atoms with Gasteiger partial charge in [-0.15, -0.1) is 11.3 Å². The number of nitrogens with one attached hydrogen (secondary N) is 1. The topological polar surface area (TPSA) is 71.5 Å². The van der Waals surface area contributed by atoms with Crippen LogP contribution >= 0.6 is 11.3 Å². The third-order valence-corrected chi connectivity index (χ3v) is 6.46. The van der Waals surface area contributed by atoms with Crippen molar-refractivity contribution in [2.24, 2.45) is 5.92 Å². The van der Waals surface area contributed by atoms with E-state index in [0.717, 1.165) is 16.1 Å². The van der Waals surface area contributed by atoms with Gasteiger partial charge in [0.25, 0.3) is 5.91 Å². The molecule has 160 valence electrons. The lowest BCUT2D eigenvalue weighted by molar-refractivity contribution is -0.126. The summed E-state index contributed by atoms with van der Waals surface area (Å²) in [6.45, 7) is 1.16. The highest BCUT2D eigenvalue weighted by Crippen LogP contribution is 2.30. The second-order valence-corrected chi connectivity index (χ2v) is 8.43. The maximum Gasteiger partial charge on any atom is 0.263 e. The van der Waals surface area contributed by atoms with Crippen molar-refractivity contribution in [1.82, 2.24) is 15.2 Å². The Bertz CT molecular complexity index is 1020. The Morgan fingerprint density at radius 1 is 1.10 bits per heavy atom. The minimum Gasteiger partial charge on any atom is -0.496 e. The van der Waals surface area contributed by atoms with E-state index in [4.69, 9.17) is 4.74 Å². The number of nitrogens with zero attached hydrogens (tertiary/aromatic N) is 2. The summed E-state index contributed by atoms with van der Waals surface area (Å²) in [5, 5.41) is 5.09. The summed E-state index contributed by atoms with van der Waals surface area (Å²) in [5.41, 5.74) is 1.62. The molecule has 3 aromatic rings. The van der Waals surface area contributed by atoms with Gasteiger partial charge < -0.3 is 15.0 Å². The van der Waals surface area contributed by atoms with Gasteiger partial charge in [-0.2, -0.15) is 0 Å². The number of hydrogen-bond donors (Lipinski definition) is 1. The van der Waals surface area contributed by atoms with E-state index in [1.807, 2.05) is 64.9 Å². The number of hydrogen-bond acceptors (Lipinski definition) is 5. The number of ether oxygens (including phenoxy) is 1. The van der Waals surface area contributed by atoms with Gasteiger partial charge in [0.05, 0.1) is 23.7 Å². The van der Waals surface area contributed by atoms with E-state index < -0.39 is 6.04 Å². The Labute approximate surface area is 185 Å². The summed E-state index contributed by atoms with van der Waals surface area (Å²) in [6, 6.07) is 16.6. The van der Waals surface area contributed by atoms with Crippen LogP contribution < -0.4 is 10.1 Å². The number of methoxy groups -OCH3 is 1. The Balaban J connectivity index is 1.47. The predicted molar refractivity (Wildman–Crippen MR) is 120 cm³/mol. The van der Waals surface area contributed by atoms with Crippen molar-refractivity contribution >= 4 is 23.2 Å². The van der Waals surface area contributed by atoms with Crippen molar-refractivity contribution in [1.29, 1.82) is 0 Å². The molecule has 6 nitrogen and oxygen atoms in total. The third-order valence-electron chi connectivity index (χ3n) is 5.60. The lowest BCUT2D eigenvalue weighted by atomic mass is 9.94. The maximum atomic E-state index is 13.2. The summed E-state index contributed by atoms with van der Waals surface area (Å²) < 4.78 is 5.53. The van der Waals surface area contributed by atoms with E-state index >= 15 is 0 Å². The molecule has 2 aromatic heterocycles. The highest BCUT2D eigenvalue weighted by Gasteiger charge is 2.30. The molecule has 3 heterocycles. The van der Waals surface area contributed by atoms with E-state index in [-0.39, 0.29) is 17.7 Å². The van der Waals surface area contributed by atoms with E-state index in [9.17, 15) is 9.59 Å². The lowest BCUT2D eigenvalue weighted by Crippen LogP contribution is -2.43. The molecule has 1 saturated heterocycles. The molecule has 7 heteroatoms. The van der Waals surface area contributed by atoms with Gasteiger partial charge in [0.1, 0.15) is 5.75 Å². The number of para-hydroxylation sites is 1. The fourth-order valence-electron chi connectivity index (χ4n) is 3.92. The van der Waals surface area contributed by atoms with Crippen molar-refractivity contribution in [2.75, 3.05) is 20.2 Å². The van der Waals surface area contributed by atoms with E-state index in [2.05, 4.69) is 10.3 Å². The molecule has 0 spiro atoms. The maximum absolute atomic E-state index is 13.2. The minimum absolute atomic E-state index is 0.0234. The van der Waals surface area contributed by atoms with Crippen molar-refractivity contribution in [3.05, 3.63) is 82.3 Å². The summed E-state index contributed by atoms with van der Waals surface area (Å²) in [6.07, 6.45) is 3.01. The molecule has 31 heavy (non-hydrogen) atoms. The number of pyridine rings is 1. The van der Waals surface area contributed by atoms with Crippen molar-refractivity contribution in [3.63, 3.8) is 0 Å². The summed E-state index contributed by atoms with van der Waals surface area (Å²) in [5.74, 6) is 0.585. The molecule has 1 atom stereocenters.